The highest BCUT2D eigenvalue weighted by Gasteiger charge is 2.19. The molecule has 1 atom stereocenters. The van der Waals surface area contributed by atoms with Crippen molar-refractivity contribution in [3.05, 3.63) is 41.5 Å². The molecule has 62 valence electrons. The molecule has 0 fully saturated rings. The van der Waals surface area contributed by atoms with Crippen LogP contribution in [-0.4, -0.2) is 5.11 Å². The summed E-state index contributed by atoms with van der Waals surface area (Å²) in [6.07, 6.45) is 3.44. The number of aliphatic hydroxyl groups excluding tert-OH is 1. The molecule has 1 aromatic carbocycles. The smallest absolute Gasteiger partial charge is 0.0796 e. The van der Waals surface area contributed by atoms with Crippen LogP contribution in [0, 0.1) is 0 Å². The number of benzene rings is 1. The maximum Gasteiger partial charge on any atom is 0.0796 e. The fourth-order valence-electron chi connectivity index (χ4n) is 1.73. The first-order valence-corrected chi connectivity index (χ1v) is 4.24. The normalized spacial score (nSPS) is 20.6. The third-order valence-corrected chi connectivity index (χ3v) is 2.45. The van der Waals surface area contributed by atoms with Crippen LogP contribution < -0.4 is 0 Å². The molecule has 0 radical (unpaired) electrons. The lowest BCUT2D eigenvalue weighted by molar-refractivity contribution is 0.180. The largest absolute Gasteiger partial charge is 0.388 e. The fraction of sp³-hybridized carbons (Fsp3) is 0.273. The van der Waals surface area contributed by atoms with Crippen LogP contribution in [0.3, 0.4) is 0 Å². The highest BCUT2D eigenvalue weighted by Crippen LogP contribution is 2.31. The van der Waals surface area contributed by atoms with Gasteiger partial charge in [0.15, 0.2) is 0 Å². The fourth-order valence-corrected chi connectivity index (χ4v) is 1.73. The van der Waals surface area contributed by atoms with Gasteiger partial charge in [-0.25, -0.2) is 0 Å². The zero-order valence-electron chi connectivity index (χ0n) is 6.96. The van der Waals surface area contributed by atoms with Crippen molar-refractivity contribution in [3.8, 4) is 0 Å². The van der Waals surface area contributed by atoms with Crippen LogP contribution >= 0.6 is 0 Å². The predicted molar refractivity (Wildman–Crippen MR) is 49.8 cm³/mol. The van der Waals surface area contributed by atoms with Crippen molar-refractivity contribution in [2.24, 2.45) is 0 Å². The monoisotopic (exact) mass is 160 g/mol. The molecular formula is C11H12O. The van der Waals surface area contributed by atoms with Crippen LogP contribution in [0.1, 0.15) is 29.2 Å². The summed E-state index contributed by atoms with van der Waals surface area (Å²) in [5, 5.41) is 9.57. The van der Waals surface area contributed by atoms with Gasteiger partial charge in [-0.05, 0) is 35.6 Å². The van der Waals surface area contributed by atoms with Gasteiger partial charge in [0, 0.05) is 0 Å². The molecule has 0 saturated heterocycles. The third-order valence-electron chi connectivity index (χ3n) is 2.45. The maximum absolute atomic E-state index is 9.57. The topological polar surface area (TPSA) is 20.2 Å². The minimum absolute atomic E-state index is 0.250. The van der Waals surface area contributed by atoms with Gasteiger partial charge in [-0.2, -0.15) is 0 Å². The van der Waals surface area contributed by atoms with Gasteiger partial charge in [0.2, 0.25) is 0 Å². The van der Waals surface area contributed by atoms with Crippen LogP contribution in [0.4, 0.5) is 0 Å². The second-order valence-electron chi connectivity index (χ2n) is 3.22. The molecule has 12 heavy (non-hydrogen) atoms. The van der Waals surface area contributed by atoms with E-state index in [1.54, 1.807) is 0 Å². The Hall–Kier alpha value is -1.08. The average molecular weight is 160 g/mol. The summed E-state index contributed by atoms with van der Waals surface area (Å²) in [5.41, 5.74) is 3.47. The second kappa shape index (κ2) is 2.76. The van der Waals surface area contributed by atoms with Gasteiger partial charge in [-0.1, -0.05) is 24.8 Å². The van der Waals surface area contributed by atoms with Crippen molar-refractivity contribution in [2.75, 3.05) is 0 Å². The number of aliphatic hydroxyl groups is 1. The van der Waals surface area contributed by atoms with E-state index in [2.05, 4.69) is 12.6 Å². The van der Waals surface area contributed by atoms with Gasteiger partial charge in [0.25, 0.3) is 0 Å². The lowest BCUT2D eigenvalue weighted by Crippen LogP contribution is -1.90. The zero-order chi connectivity index (χ0) is 8.55. The second-order valence-corrected chi connectivity index (χ2v) is 3.22. The van der Waals surface area contributed by atoms with E-state index in [0.29, 0.717) is 0 Å². The van der Waals surface area contributed by atoms with Crippen molar-refractivity contribution in [3.63, 3.8) is 0 Å². The Labute approximate surface area is 72.4 Å². The molecule has 0 spiro atoms. The van der Waals surface area contributed by atoms with E-state index < -0.39 is 0 Å². The standard InChI is InChI=1S/C11H12O/c1-2-8-3-4-9-5-6-11(12)10(9)7-8/h2-4,7,11-12H,1,5-6H2/t11-/m1/s1. The molecule has 1 aromatic rings. The van der Waals surface area contributed by atoms with E-state index in [1.165, 1.54) is 5.56 Å². The SMILES string of the molecule is C=Cc1ccc2c(c1)[C@H](O)CC2. The van der Waals surface area contributed by atoms with Gasteiger partial charge in [-0.3, -0.25) is 0 Å². The summed E-state index contributed by atoms with van der Waals surface area (Å²) >= 11 is 0. The Kier molecular flexibility index (Phi) is 1.74. The van der Waals surface area contributed by atoms with Gasteiger partial charge in [0.1, 0.15) is 0 Å². The molecule has 2 rings (SSSR count). The Balaban J connectivity index is 2.50. The molecule has 1 heteroatoms. The molecule has 1 aliphatic carbocycles. The van der Waals surface area contributed by atoms with Crippen molar-refractivity contribution in [2.45, 2.75) is 18.9 Å². The molecule has 0 aliphatic heterocycles. The van der Waals surface area contributed by atoms with Crippen LogP contribution in [0.15, 0.2) is 24.8 Å². The van der Waals surface area contributed by atoms with Crippen LogP contribution in [0.25, 0.3) is 6.08 Å². The molecule has 0 heterocycles. The summed E-state index contributed by atoms with van der Waals surface area (Å²) in [6.45, 7) is 3.70. The zero-order valence-corrected chi connectivity index (χ0v) is 6.96. The lowest BCUT2D eigenvalue weighted by atomic mass is 10.1. The molecule has 1 nitrogen and oxygen atoms in total. The van der Waals surface area contributed by atoms with E-state index in [1.807, 2.05) is 18.2 Å². The summed E-state index contributed by atoms with van der Waals surface area (Å²) in [7, 11) is 0. The van der Waals surface area contributed by atoms with E-state index in [-0.39, 0.29) is 6.10 Å². The van der Waals surface area contributed by atoms with Gasteiger partial charge in [0.05, 0.1) is 6.10 Å². The molecule has 1 N–H and O–H groups in total. The first kappa shape index (κ1) is 7.56. The summed E-state index contributed by atoms with van der Waals surface area (Å²) in [4.78, 5) is 0. The maximum atomic E-state index is 9.57. The lowest BCUT2D eigenvalue weighted by Gasteiger charge is -2.04. The van der Waals surface area contributed by atoms with Crippen LogP contribution in [0.2, 0.25) is 0 Å². The molecule has 0 unspecified atom stereocenters. The Morgan fingerprint density at radius 3 is 3.08 bits per heavy atom. The molecule has 0 amide bonds. The van der Waals surface area contributed by atoms with Gasteiger partial charge < -0.3 is 5.11 Å². The minimum atomic E-state index is -0.250. The quantitative estimate of drug-likeness (QED) is 0.668. The van der Waals surface area contributed by atoms with Crippen molar-refractivity contribution >= 4 is 6.08 Å². The average Bonchev–Trinajstić information content (AvgIpc) is 2.47. The predicted octanol–water partition coefficient (Wildman–Crippen LogP) is 2.31. The Morgan fingerprint density at radius 2 is 2.33 bits per heavy atom. The number of aryl methyl sites for hydroxylation is 1. The number of hydrogen-bond donors (Lipinski definition) is 1. The summed E-state index contributed by atoms with van der Waals surface area (Å²) in [6, 6.07) is 6.16. The number of rotatable bonds is 1. The van der Waals surface area contributed by atoms with Crippen molar-refractivity contribution < 1.29 is 5.11 Å². The first-order chi connectivity index (χ1) is 5.81. The van der Waals surface area contributed by atoms with E-state index in [0.717, 1.165) is 24.0 Å². The van der Waals surface area contributed by atoms with E-state index in [4.69, 9.17) is 0 Å². The molecule has 0 saturated carbocycles. The highest BCUT2D eigenvalue weighted by atomic mass is 16.3. The van der Waals surface area contributed by atoms with Crippen molar-refractivity contribution in [1.29, 1.82) is 0 Å². The summed E-state index contributed by atoms with van der Waals surface area (Å²) in [5.74, 6) is 0. The Bertz CT molecular complexity index is 315. The third kappa shape index (κ3) is 1.07. The highest BCUT2D eigenvalue weighted by molar-refractivity contribution is 5.51. The van der Waals surface area contributed by atoms with E-state index >= 15 is 0 Å². The van der Waals surface area contributed by atoms with Crippen molar-refractivity contribution in [1.82, 2.24) is 0 Å². The Morgan fingerprint density at radius 1 is 1.50 bits per heavy atom. The van der Waals surface area contributed by atoms with Gasteiger partial charge >= 0.3 is 0 Å². The molecular weight excluding hydrogens is 148 g/mol. The van der Waals surface area contributed by atoms with E-state index in [9.17, 15) is 5.11 Å². The van der Waals surface area contributed by atoms with Crippen LogP contribution in [-0.2, 0) is 6.42 Å². The number of fused-ring (bicyclic) bond motifs is 1. The van der Waals surface area contributed by atoms with Crippen LogP contribution in [0.5, 0.6) is 0 Å². The summed E-state index contributed by atoms with van der Waals surface area (Å²) < 4.78 is 0. The molecule has 1 aliphatic rings. The molecule has 0 aromatic heterocycles. The van der Waals surface area contributed by atoms with Gasteiger partial charge in [-0.15, -0.1) is 0 Å². The number of hydrogen-bond acceptors (Lipinski definition) is 1. The first-order valence-electron chi connectivity index (χ1n) is 4.24. The molecule has 0 bridgehead atoms. The minimum Gasteiger partial charge on any atom is -0.388 e.